The van der Waals surface area contributed by atoms with E-state index in [0.717, 1.165) is 35.7 Å². The molecule has 3 aliphatic rings. The third-order valence-corrected chi connectivity index (χ3v) is 6.48. The molecule has 7 nitrogen and oxygen atoms in total. The molecule has 1 aliphatic carbocycles. The average Bonchev–Trinajstić information content (AvgIpc) is 3.47. The van der Waals surface area contributed by atoms with Crippen LogP contribution in [0.4, 0.5) is 5.82 Å². The number of aromatic nitrogens is 3. The molecule has 1 saturated carbocycles. The zero-order valence-electron chi connectivity index (χ0n) is 16.5. The summed E-state index contributed by atoms with van der Waals surface area (Å²) in [4.78, 5) is 15.0. The van der Waals surface area contributed by atoms with Gasteiger partial charge in [-0.05, 0) is 30.9 Å². The third kappa shape index (κ3) is 2.96. The van der Waals surface area contributed by atoms with E-state index < -0.39 is 0 Å². The van der Waals surface area contributed by atoms with Gasteiger partial charge in [-0.1, -0.05) is 18.2 Å². The molecule has 3 aromatic rings. The van der Waals surface area contributed by atoms with Crippen molar-refractivity contribution in [1.29, 1.82) is 0 Å². The Morgan fingerprint density at radius 2 is 2.07 bits per heavy atom. The summed E-state index contributed by atoms with van der Waals surface area (Å²) in [5.41, 5.74) is 3.36. The van der Waals surface area contributed by atoms with Gasteiger partial charge in [-0.25, -0.2) is 9.97 Å². The summed E-state index contributed by atoms with van der Waals surface area (Å²) in [6, 6.07) is 10.8. The zero-order chi connectivity index (χ0) is 19.4. The van der Waals surface area contributed by atoms with E-state index >= 15 is 0 Å². The number of hydrogen-bond donors (Lipinski definition) is 2. The molecule has 1 aromatic carbocycles. The topological polar surface area (TPSA) is 75.3 Å². The number of para-hydroxylation sites is 1. The molecular formula is C22H25N5O2. The molecule has 4 heterocycles. The van der Waals surface area contributed by atoms with E-state index in [0.29, 0.717) is 18.6 Å². The van der Waals surface area contributed by atoms with Crippen LogP contribution in [0.15, 0.2) is 36.7 Å². The first-order valence-corrected chi connectivity index (χ1v) is 10.4. The normalized spacial score (nSPS) is 24.7. The van der Waals surface area contributed by atoms with Gasteiger partial charge in [0.1, 0.15) is 30.1 Å². The Hall–Kier alpha value is -2.64. The molecule has 2 aliphatic heterocycles. The molecule has 29 heavy (non-hydrogen) atoms. The number of fused-ring (bicyclic) bond motifs is 2. The Labute approximate surface area is 169 Å². The molecule has 2 aromatic heterocycles. The van der Waals surface area contributed by atoms with Gasteiger partial charge in [-0.2, -0.15) is 0 Å². The van der Waals surface area contributed by atoms with E-state index in [1.807, 2.05) is 12.1 Å². The number of likely N-dealkylation sites (tertiary alicyclic amines) is 1. The predicted molar refractivity (Wildman–Crippen MR) is 110 cm³/mol. The lowest BCUT2D eigenvalue weighted by atomic mass is 9.92. The highest BCUT2D eigenvalue weighted by atomic mass is 16.5. The number of hydrogen-bond acceptors (Lipinski definition) is 6. The molecule has 0 amide bonds. The summed E-state index contributed by atoms with van der Waals surface area (Å²) in [5.74, 6) is 2.48. The van der Waals surface area contributed by atoms with Crippen molar-refractivity contribution in [2.75, 3.05) is 32.1 Å². The number of nitrogens with one attached hydrogen (secondary N) is 2. The molecule has 1 saturated heterocycles. The lowest BCUT2D eigenvalue weighted by Crippen LogP contribution is -2.60. The highest BCUT2D eigenvalue weighted by Gasteiger charge is 2.41. The summed E-state index contributed by atoms with van der Waals surface area (Å²) in [5, 5.41) is 4.82. The van der Waals surface area contributed by atoms with Crippen molar-refractivity contribution < 1.29 is 9.47 Å². The van der Waals surface area contributed by atoms with Crippen molar-refractivity contribution in [3.05, 3.63) is 47.9 Å². The Bertz CT molecular complexity index is 1040. The zero-order valence-corrected chi connectivity index (χ0v) is 16.5. The van der Waals surface area contributed by atoms with Crippen molar-refractivity contribution in [3.8, 4) is 5.75 Å². The number of rotatable bonds is 5. The lowest BCUT2D eigenvalue weighted by molar-refractivity contribution is -0.0654. The van der Waals surface area contributed by atoms with E-state index in [9.17, 15) is 0 Å². The van der Waals surface area contributed by atoms with E-state index in [4.69, 9.17) is 9.47 Å². The van der Waals surface area contributed by atoms with Crippen LogP contribution in [0, 0.1) is 0 Å². The Morgan fingerprint density at radius 1 is 1.21 bits per heavy atom. The Balaban J connectivity index is 1.36. The summed E-state index contributed by atoms with van der Waals surface area (Å²) in [6.45, 7) is 2.51. The van der Waals surface area contributed by atoms with Gasteiger partial charge in [0.05, 0.1) is 23.6 Å². The van der Waals surface area contributed by atoms with Crippen molar-refractivity contribution in [2.24, 2.45) is 0 Å². The monoisotopic (exact) mass is 391 g/mol. The Kier molecular flexibility index (Phi) is 3.99. The predicted octanol–water partition coefficient (Wildman–Crippen LogP) is 3.08. The smallest absolute Gasteiger partial charge is 0.143 e. The fourth-order valence-electron chi connectivity index (χ4n) is 4.56. The molecule has 2 fully saturated rings. The van der Waals surface area contributed by atoms with Crippen LogP contribution < -0.4 is 10.1 Å². The van der Waals surface area contributed by atoms with Gasteiger partial charge in [-0.15, -0.1) is 0 Å². The first kappa shape index (κ1) is 17.2. The van der Waals surface area contributed by atoms with Crippen molar-refractivity contribution in [1.82, 2.24) is 19.9 Å². The molecule has 6 rings (SSSR count). The second kappa shape index (κ2) is 6.71. The van der Waals surface area contributed by atoms with Crippen molar-refractivity contribution >= 4 is 16.9 Å². The molecule has 2 atom stereocenters. The number of methoxy groups -OCH3 is 1. The lowest BCUT2D eigenvalue weighted by Gasteiger charge is -2.48. The fourth-order valence-corrected chi connectivity index (χ4v) is 4.56. The molecule has 0 unspecified atom stereocenters. The fraction of sp³-hybridized carbons (Fsp3) is 0.455. The van der Waals surface area contributed by atoms with Crippen LogP contribution in [0.25, 0.3) is 11.0 Å². The maximum Gasteiger partial charge on any atom is 0.143 e. The number of anilines is 1. The number of ether oxygens (including phenoxy) is 2. The van der Waals surface area contributed by atoms with Crippen LogP contribution in [0.1, 0.15) is 36.1 Å². The van der Waals surface area contributed by atoms with Crippen LogP contribution in [0.5, 0.6) is 5.75 Å². The SMILES string of the molecule is COC1CN([C@H]2COc3ccccc3[C@@H]2Nc2ncnc3[nH]c(C4CC4)cc23)C1. The largest absolute Gasteiger partial charge is 0.491 e. The minimum absolute atomic E-state index is 0.0927. The van der Waals surface area contributed by atoms with Gasteiger partial charge in [-0.3, -0.25) is 4.90 Å². The van der Waals surface area contributed by atoms with Crippen LogP contribution in [-0.4, -0.2) is 58.8 Å². The second-order valence-corrected chi connectivity index (χ2v) is 8.33. The first-order valence-electron chi connectivity index (χ1n) is 10.4. The highest BCUT2D eigenvalue weighted by molar-refractivity contribution is 5.88. The second-order valence-electron chi connectivity index (χ2n) is 8.33. The maximum atomic E-state index is 6.10. The molecular weight excluding hydrogens is 366 g/mol. The number of benzene rings is 1. The number of aromatic amines is 1. The minimum atomic E-state index is 0.0927. The quantitative estimate of drug-likeness (QED) is 0.696. The average molecular weight is 391 g/mol. The van der Waals surface area contributed by atoms with E-state index in [1.165, 1.54) is 24.1 Å². The van der Waals surface area contributed by atoms with Gasteiger partial charge in [0, 0.05) is 31.5 Å². The maximum absolute atomic E-state index is 6.10. The van der Waals surface area contributed by atoms with Gasteiger partial charge >= 0.3 is 0 Å². The summed E-state index contributed by atoms with van der Waals surface area (Å²) in [6.07, 6.45) is 4.47. The van der Waals surface area contributed by atoms with Crippen LogP contribution >= 0.6 is 0 Å². The number of H-pyrrole nitrogens is 1. The van der Waals surface area contributed by atoms with Crippen molar-refractivity contribution in [3.63, 3.8) is 0 Å². The van der Waals surface area contributed by atoms with Crippen molar-refractivity contribution in [2.45, 2.75) is 36.9 Å². The van der Waals surface area contributed by atoms with Crippen LogP contribution in [-0.2, 0) is 4.74 Å². The minimum Gasteiger partial charge on any atom is -0.491 e. The molecule has 0 spiro atoms. The standard InChI is InChI=1S/C22H25N5O2/c1-28-14-9-27(10-14)18-11-29-19-5-3-2-4-15(19)20(18)26-22-16-8-17(13-6-7-13)25-21(16)23-12-24-22/h2-5,8,12-14,18,20H,6-7,9-11H2,1H3,(H2,23,24,25,26)/t18-,20-/m0/s1. The van der Waals surface area contributed by atoms with E-state index in [-0.39, 0.29) is 12.1 Å². The van der Waals surface area contributed by atoms with Gasteiger partial charge < -0.3 is 19.8 Å². The first-order chi connectivity index (χ1) is 14.3. The van der Waals surface area contributed by atoms with E-state index in [1.54, 1.807) is 13.4 Å². The highest BCUT2D eigenvalue weighted by Crippen LogP contribution is 2.42. The Morgan fingerprint density at radius 3 is 2.90 bits per heavy atom. The summed E-state index contributed by atoms with van der Waals surface area (Å²) < 4.78 is 11.6. The van der Waals surface area contributed by atoms with Gasteiger partial charge in [0.15, 0.2) is 0 Å². The molecule has 0 bridgehead atoms. The van der Waals surface area contributed by atoms with Gasteiger partial charge in [0.25, 0.3) is 0 Å². The molecule has 0 radical (unpaired) electrons. The van der Waals surface area contributed by atoms with Gasteiger partial charge in [0.2, 0.25) is 0 Å². The third-order valence-electron chi connectivity index (χ3n) is 6.48. The van der Waals surface area contributed by atoms with E-state index in [2.05, 4.69) is 43.4 Å². The number of nitrogens with zero attached hydrogens (tertiary/aromatic N) is 3. The molecule has 2 N–H and O–H groups in total. The molecule has 7 heteroatoms. The van der Waals surface area contributed by atoms with Crippen LogP contribution in [0.3, 0.4) is 0 Å². The summed E-state index contributed by atoms with van der Waals surface area (Å²) >= 11 is 0. The summed E-state index contributed by atoms with van der Waals surface area (Å²) in [7, 11) is 1.78. The van der Waals surface area contributed by atoms with Crippen LogP contribution in [0.2, 0.25) is 0 Å². The molecule has 150 valence electrons.